The molecule has 3 aromatic rings. The minimum absolute atomic E-state index is 0.0781. The van der Waals surface area contributed by atoms with Crippen molar-refractivity contribution >= 4 is 40.3 Å². The monoisotopic (exact) mass is 438 g/mol. The van der Waals surface area contributed by atoms with Gasteiger partial charge in [-0.25, -0.2) is 15.0 Å². The van der Waals surface area contributed by atoms with Gasteiger partial charge in [0.1, 0.15) is 11.3 Å². The Balaban J connectivity index is 1.44. The van der Waals surface area contributed by atoms with E-state index in [2.05, 4.69) is 27.1 Å². The molecule has 2 aromatic heterocycles. The van der Waals surface area contributed by atoms with Crippen LogP contribution >= 0.6 is 11.6 Å². The molecule has 1 saturated heterocycles. The van der Waals surface area contributed by atoms with Crippen molar-refractivity contribution < 1.29 is 4.79 Å². The minimum atomic E-state index is -0.0781. The molecule has 7 nitrogen and oxygen atoms in total. The highest BCUT2D eigenvalue weighted by atomic mass is 35.5. The molecule has 1 fully saturated rings. The van der Waals surface area contributed by atoms with Gasteiger partial charge >= 0.3 is 0 Å². The Morgan fingerprint density at radius 3 is 2.65 bits per heavy atom. The Hall–Kier alpha value is -2.77. The highest BCUT2D eigenvalue weighted by Crippen LogP contribution is 2.21. The van der Waals surface area contributed by atoms with E-state index in [1.165, 1.54) is 0 Å². The first-order chi connectivity index (χ1) is 15.0. The fourth-order valence-electron chi connectivity index (χ4n) is 3.72. The molecular weight excluding hydrogens is 412 g/mol. The topological polar surface area (TPSA) is 74.2 Å². The summed E-state index contributed by atoms with van der Waals surface area (Å²) in [6, 6.07) is 11.2. The number of nitrogens with one attached hydrogen (secondary N) is 1. The molecule has 0 radical (unpaired) electrons. The fraction of sp³-hybridized carbons (Fsp3) is 0.391. The lowest BCUT2D eigenvalue weighted by Crippen LogP contribution is -2.30. The van der Waals surface area contributed by atoms with Crippen molar-refractivity contribution in [2.75, 3.05) is 43.4 Å². The number of pyridine rings is 1. The average Bonchev–Trinajstić information content (AvgIpc) is 2.98. The van der Waals surface area contributed by atoms with Gasteiger partial charge in [0, 0.05) is 31.1 Å². The molecule has 8 heteroatoms. The van der Waals surface area contributed by atoms with Crippen LogP contribution in [-0.2, 0) is 11.2 Å². The molecule has 162 valence electrons. The number of carbonyl (C=O) groups is 1. The summed E-state index contributed by atoms with van der Waals surface area (Å²) in [7, 11) is 2.14. The summed E-state index contributed by atoms with van der Waals surface area (Å²) < 4.78 is 0. The summed E-state index contributed by atoms with van der Waals surface area (Å²) in [6.07, 6.45) is 2.11. The number of aryl methyl sites for hydroxylation is 2. The normalized spacial score (nSPS) is 15.1. The molecule has 1 aromatic carbocycles. The van der Waals surface area contributed by atoms with Crippen molar-refractivity contribution in [3.63, 3.8) is 0 Å². The van der Waals surface area contributed by atoms with Crippen LogP contribution in [0, 0.1) is 6.92 Å². The lowest BCUT2D eigenvalue weighted by Gasteiger charge is -2.21. The third-order valence-corrected chi connectivity index (χ3v) is 5.78. The standard InChI is InChI=1S/C23H27ClN6O/c1-16-22-19(26-23(25-16)30-13-3-12-29(2)14-15-30)9-10-20(28-22)27-21(31)11-6-17-4-7-18(24)8-5-17/h4-5,7-10H,3,6,11-15H2,1-2H3,(H,27,28,31). The quantitative estimate of drug-likeness (QED) is 0.654. The lowest BCUT2D eigenvalue weighted by molar-refractivity contribution is -0.116. The van der Waals surface area contributed by atoms with E-state index in [0.717, 1.165) is 55.3 Å². The second kappa shape index (κ2) is 9.58. The zero-order valence-corrected chi connectivity index (χ0v) is 18.7. The van der Waals surface area contributed by atoms with Crippen LogP contribution in [0.15, 0.2) is 36.4 Å². The molecule has 31 heavy (non-hydrogen) atoms. The van der Waals surface area contributed by atoms with E-state index in [1.54, 1.807) is 6.07 Å². The number of hydrogen-bond donors (Lipinski definition) is 1. The SMILES string of the molecule is Cc1nc(N2CCCN(C)CC2)nc2ccc(NC(=O)CCc3ccc(Cl)cc3)nc12. The number of amides is 1. The molecule has 1 aliphatic heterocycles. The van der Waals surface area contributed by atoms with Crippen LogP contribution in [0.3, 0.4) is 0 Å². The maximum Gasteiger partial charge on any atom is 0.226 e. The Labute approximate surface area is 187 Å². The van der Waals surface area contributed by atoms with Crippen molar-refractivity contribution in [3.8, 4) is 0 Å². The number of likely N-dealkylation sites (N-methyl/N-ethyl adjacent to an activating group) is 1. The molecule has 0 bridgehead atoms. The van der Waals surface area contributed by atoms with Crippen LogP contribution in [0.4, 0.5) is 11.8 Å². The molecule has 0 saturated carbocycles. The smallest absolute Gasteiger partial charge is 0.226 e. The van der Waals surface area contributed by atoms with E-state index < -0.39 is 0 Å². The van der Waals surface area contributed by atoms with Gasteiger partial charge in [-0.3, -0.25) is 4.79 Å². The van der Waals surface area contributed by atoms with Crippen LogP contribution in [-0.4, -0.2) is 59.0 Å². The number of anilines is 2. The number of nitrogens with zero attached hydrogens (tertiary/aromatic N) is 5. The third kappa shape index (κ3) is 5.48. The predicted octanol–water partition coefficient (Wildman–Crippen LogP) is 3.70. The van der Waals surface area contributed by atoms with Gasteiger partial charge in [0.25, 0.3) is 0 Å². The van der Waals surface area contributed by atoms with Gasteiger partial charge in [-0.15, -0.1) is 0 Å². The molecule has 0 unspecified atom stereocenters. The molecule has 0 aliphatic carbocycles. The summed E-state index contributed by atoms with van der Waals surface area (Å²) in [6.45, 7) is 5.89. The maximum atomic E-state index is 12.4. The average molecular weight is 439 g/mol. The van der Waals surface area contributed by atoms with Gasteiger partial charge in [-0.1, -0.05) is 23.7 Å². The number of hydrogen-bond acceptors (Lipinski definition) is 6. The first-order valence-corrected chi connectivity index (χ1v) is 11.0. The van der Waals surface area contributed by atoms with E-state index in [4.69, 9.17) is 21.6 Å². The van der Waals surface area contributed by atoms with Gasteiger partial charge < -0.3 is 15.1 Å². The van der Waals surface area contributed by atoms with E-state index in [0.29, 0.717) is 29.2 Å². The summed E-state index contributed by atoms with van der Waals surface area (Å²) in [4.78, 5) is 31.0. The van der Waals surface area contributed by atoms with Crippen LogP contribution < -0.4 is 10.2 Å². The Morgan fingerprint density at radius 2 is 1.84 bits per heavy atom. The van der Waals surface area contributed by atoms with Crippen LogP contribution in [0.1, 0.15) is 24.1 Å². The van der Waals surface area contributed by atoms with E-state index in [-0.39, 0.29) is 5.91 Å². The molecule has 1 amide bonds. The highest BCUT2D eigenvalue weighted by molar-refractivity contribution is 6.30. The van der Waals surface area contributed by atoms with Crippen molar-refractivity contribution in [1.82, 2.24) is 19.9 Å². The fourth-order valence-corrected chi connectivity index (χ4v) is 3.84. The van der Waals surface area contributed by atoms with Gasteiger partial charge in [-0.2, -0.15) is 0 Å². The highest BCUT2D eigenvalue weighted by Gasteiger charge is 2.17. The second-order valence-electron chi connectivity index (χ2n) is 7.99. The van der Waals surface area contributed by atoms with Gasteiger partial charge in [-0.05, 0) is 63.2 Å². The van der Waals surface area contributed by atoms with Gasteiger partial charge in [0.05, 0.1) is 11.2 Å². The number of fused-ring (bicyclic) bond motifs is 1. The van der Waals surface area contributed by atoms with Crippen molar-refractivity contribution in [1.29, 1.82) is 0 Å². The minimum Gasteiger partial charge on any atom is -0.339 e. The molecule has 1 aliphatic rings. The van der Waals surface area contributed by atoms with Gasteiger partial charge in [0.2, 0.25) is 11.9 Å². The molecule has 4 rings (SSSR count). The molecule has 0 atom stereocenters. The van der Waals surface area contributed by atoms with E-state index in [9.17, 15) is 4.79 Å². The molecule has 3 heterocycles. The first-order valence-electron chi connectivity index (χ1n) is 10.6. The van der Waals surface area contributed by atoms with Crippen LogP contribution in [0.5, 0.6) is 0 Å². The Kier molecular flexibility index (Phi) is 6.63. The number of aromatic nitrogens is 3. The van der Waals surface area contributed by atoms with Crippen LogP contribution in [0.25, 0.3) is 11.0 Å². The largest absolute Gasteiger partial charge is 0.339 e. The van der Waals surface area contributed by atoms with Crippen molar-refractivity contribution in [3.05, 3.63) is 52.7 Å². The summed E-state index contributed by atoms with van der Waals surface area (Å²) >= 11 is 5.91. The number of rotatable bonds is 5. The first kappa shape index (κ1) is 21.5. The zero-order valence-electron chi connectivity index (χ0n) is 17.9. The maximum absolute atomic E-state index is 12.4. The summed E-state index contributed by atoms with van der Waals surface area (Å²) in [5, 5.41) is 3.58. The Morgan fingerprint density at radius 1 is 1.03 bits per heavy atom. The van der Waals surface area contributed by atoms with Crippen molar-refractivity contribution in [2.24, 2.45) is 0 Å². The number of halogens is 1. The predicted molar refractivity (Wildman–Crippen MR) is 125 cm³/mol. The Bertz CT molecular complexity index is 1070. The number of benzene rings is 1. The molecule has 1 N–H and O–H groups in total. The lowest BCUT2D eigenvalue weighted by atomic mass is 10.1. The third-order valence-electron chi connectivity index (χ3n) is 5.53. The van der Waals surface area contributed by atoms with E-state index >= 15 is 0 Å². The van der Waals surface area contributed by atoms with Crippen molar-refractivity contribution in [2.45, 2.75) is 26.2 Å². The number of carbonyl (C=O) groups excluding carboxylic acids is 1. The van der Waals surface area contributed by atoms with Gasteiger partial charge in [0.15, 0.2) is 0 Å². The molecular formula is C23H27ClN6O. The van der Waals surface area contributed by atoms with E-state index in [1.807, 2.05) is 37.3 Å². The zero-order chi connectivity index (χ0) is 21.8. The summed E-state index contributed by atoms with van der Waals surface area (Å²) in [5.41, 5.74) is 3.39. The second-order valence-corrected chi connectivity index (χ2v) is 8.43. The van der Waals surface area contributed by atoms with Crippen LogP contribution in [0.2, 0.25) is 5.02 Å². The summed E-state index contributed by atoms with van der Waals surface area (Å²) in [5.74, 6) is 1.19. The molecule has 0 spiro atoms.